The van der Waals surface area contributed by atoms with Gasteiger partial charge in [-0.2, -0.15) is 0 Å². The molecule has 1 aromatic carbocycles. The van der Waals surface area contributed by atoms with Crippen LogP contribution in [-0.4, -0.2) is 20.8 Å². The molecule has 128 valence electrons. The minimum atomic E-state index is -3.39. The third-order valence-corrected chi connectivity index (χ3v) is 5.43. The fourth-order valence-corrected chi connectivity index (χ4v) is 3.57. The van der Waals surface area contributed by atoms with Gasteiger partial charge in [-0.3, -0.25) is 0 Å². The summed E-state index contributed by atoms with van der Waals surface area (Å²) in [7, 11) is -3.39. The summed E-state index contributed by atoms with van der Waals surface area (Å²) >= 11 is 0. The summed E-state index contributed by atoms with van der Waals surface area (Å²) in [5, 5.41) is 0. The summed E-state index contributed by atoms with van der Waals surface area (Å²) in [6.45, 7) is 10.3. The zero-order chi connectivity index (χ0) is 17.5. The van der Waals surface area contributed by atoms with Gasteiger partial charge in [0.15, 0.2) is 9.84 Å². The molecule has 3 nitrogen and oxygen atoms in total. The zero-order valence-corrected chi connectivity index (χ0v) is 15.7. The van der Waals surface area contributed by atoms with Crippen LogP contribution in [0, 0.1) is 6.92 Å². The normalized spacial score (nSPS) is 11.0. The van der Waals surface area contributed by atoms with Gasteiger partial charge in [-0.05, 0) is 57.4 Å². The van der Waals surface area contributed by atoms with Gasteiger partial charge in [-0.25, -0.2) is 8.42 Å². The average Bonchev–Trinajstić information content (AvgIpc) is 2.50. The number of rotatable bonds is 8. The highest BCUT2D eigenvalue weighted by Gasteiger charge is 2.18. The molecule has 0 amide bonds. The van der Waals surface area contributed by atoms with E-state index in [0.717, 1.165) is 24.0 Å². The first-order valence-electron chi connectivity index (χ1n) is 8.06. The van der Waals surface area contributed by atoms with E-state index in [1.807, 2.05) is 39.0 Å². The standard InChI is InChI=1S/C19H28O3S/c1-6-17(7-2)12-13-22-19(15(3)4)14-23(20,21)18-10-8-16(5)9-11-18/h8-12H,6-7,13-14H2,1-5H3. The third-order valence-electron chi connectivity index (χ3n) is 3.80. The number of benzene rings is 1. The maximum absolute atomic E-state index is 12.5. The first kappa shape index (κ1) is 19.5. The van der Waals surface area contributed by atoms with Crippen molar-refractivity contribution < 1.29 is 13.2 Å². The van der Waals surface area contributed by atoms with Crippen LogP contribution in [0.1, 0.15) is 46.1 Å². The van der Waals surface area contributed by atoms with E-state index in [1.54, 1.807) is 12.1 Å². The lowest BCUT2D eigenvalue weighted by Crippen LogP contribution is -2.12. The lowest BCUT2D eigenvalue weighted by Gasteiger charge is -2.13. The topological polar surface area (TPSA) is 43.4 Å². The van der Waals surface area contributed by atoms with Gasteiger partial charge in [0.1, 0.15) is 18.1 Å². The van der Waals surface area contributed by atoms with E-state index in [2.05, 4.69) is 13.8 Å². The van der Waals surface area contributed by atoms with E-state index >= 15 is 0 Å². The molecule has 1 aromatic rings. The monoisotopic (exact) mass is 336 g/mol. The van der Waals surface area contributed by atoms with Gasteiger partial charge < -0.3 is 4.74 Å². The van der Waals surface area contributed by atoms with Crippen molar-refractivity contribution in [2.75, 3.05) is 12.4 Å². The maximum atomic E-state index is 12.5. The molecule has 0 saturated carbocycles. The number of hydrogen-bond donors (Lipinski definition) is 0. The molecule has 0 bridgehead atoms. The number of ether oxygens (including phenoxy) is 1. The van der Waals surface area contributed by atoms with Gasteiger partial charge in [0.05, 0.1) is 4.90 Å². The predicted octanol–water partition coefficient (Wildman–Crippen LogP) is 4.83. The van der Waals surface area contributed by atoms with Gasteiger partial charge in [-0.1, -0.05) is 37.1 Å². The van der Waals surface area contributed by atoms with Crippen LogP contribution < -0.4 is 0 Å². The smallest absolute Gasteiger partial charge is 0.185 e. The molecule has 0 radical (unpaired) electrons. The molecule has 0 aliphatic heterocycles. The Morgan fingerprint density at radius 1 is 1.09 bits per heavy atom. The summed E-state index contributed by atoms with van der Waals surface area (Å²) in [4.78, 5) is 0.337. The van der Waals surface area contributed by atoms with Crippen molar-refractivity contribution in [1.82, 2.24) is 0 Å². The van der Waals surface area contributed by atoms with E-state index < -0.39 is 9.84 Å². The van der Waals surface area contributed by atoms with Gasteiger partial charge in [0, 0.05) is 0 Å². The fourth-order valence-electron chi connectivity index (χ4n) is 2.13. The van der Waals surface area contributed by atoms with Crippen molar-refractivity contribution in [2.45, 2.75) is 52.4 Å². The van der Waals surface area contributed by atoms with Crippen LogP contribution in [0.25, 0.3) is 0 Å². The molecular formula is C19H28O3S. The Hall–Kier alpha value is -1.55. The first-order valence-corrected chi connectivity index (χ1v) is 9.71. The average molecular weight is 336 g/mol. The second-order valence-electron chi connectivity index (χ2n) is 5.88. The van der Waals surface area contributed by atoms with Crippen molar-refractivity contribution in [3.8, 4) is 0 Å². The van der Waals surface area contributed by atoms with Crippen molar-refractivity contribution in [3.05, 3.63) is 52.8 Å². The molecule has 1 rings (SSSR count). The Balaban J connectivity index is 2.86. The van der Waals surface area contributed by atoms with Crippen LogP contribution in [0.4, 0.5) is 0 Å². The maximum Gasteiger partial charge on any atom is 0.185 e. The van der Waals surface area contributed by atoms with Crippen LogP contribution in [0.5, 0.6) is 0 Å². The second kappa shape index (κ2) is 8.92. The molecule has 4 heteroatoms. The molecule has 0 N–H and O–H groups in total. The van der Waals surface area contributed by atoms with E-state index in [4.69, 9.17) is 4.74 Å². The van der Waals surface area contributed by atoms with E-state index in [0.29, 0.717) is 17.3 Å². The molecule has 0 heterocycles. The first-order chi connectivity index (χ1) is 10.8. The van der Waals surface area contributed by atoms with Gasteiger partial charge in [0.25, 0.3) is 0 Å². The Morgan fingerprint density at radius 3 is 2.13 bits per heavy atom. The highest BCUT2D eigenvalue weighted by Crippen LogP contribution is 2.18. The zero-order valence-electron chi connectivity index (χ0n) is 14.8. The van der Waals surface area contributed by atoms with Gasteiger partial charge >= 0.3 is 0 Å². The van der Waals surface area contributed by atoms with Gasteiger partial charge in [-0.15, -0.1) is 0 Å². The molecule has 0 unspecified atom stereocenters. The Bertz CT molecular complexity index is 655. The second-order valence-corrected chi connectivity index (χ2v) is 7.87. The summed E-state index contributed by atoms with van der Waals surface area (Å²) in [5.74, 6) is 0.438. The molecule has 0 fully saturated rings. The molecule has 0 saturated heterocycles. The van der Waals surface area contributed by atoms with E-state index in [9.17, 15) is 8.42 Å². The molecule has 0 aliphatic carbocycles. The minimum absolute atomic E-state index is 0.0974. The Labute approximate surface area is 141 Å². The highest BCUT2D eigenvalue weighted by molar-refractivity contribution is 7.91. The minimum Gasteiger partial charge on any atom is -0.493 e. The summed E-state index contributed by atoms with van der Waals surface area (Å²) < 4.78 is 30.8. The van der Waals surface area contributed by atoms with Crippen molar-refractivity contribution in [1.29, 1.82) is 0 Å². The summed E-state index contributed by atoms with van der Waals surface area (Å²) in [6, 6.07) is 6.93. The molecule has 0 spiro atoms. The molecule has 23 heavy (non-hydrogen) atoms. The molecule has 0 atom stereocenters. The predicted molar refractivity (Wildman–Crippen MR) is 96.2 cm³/mol. The number of aryl methyl sites for hydroxylation is 1. The third kappa shape index (κ3) is 6.22. The highest BCUT2D eigenvalue weighted by atomic mass is 32.2. The van der Waals surface area contributed by atoms with E-state index in [-0.39, 0.29) is 5.75 Å². The summed E-state index contributed by atoms with van der Waals surface area (Å²) in [6.07, 6.45) is 4.03. The van der Waals surface area contributed by atoms with Crippen molar-refractivity contribution in [3.63, 3.8) is 0 Å². The molecule has 0 aliphatic rings. The largest absolute Gasteiger partial charge is 0.493 e. The number of sulfone groups is 1. The van der Waals surface area contributed by atoms with Crippen molar-refractivity contribution >= 4 is 9.84 Å². The lowest BCUT2D eigenvalue weighted by atomic mass is 10.1. The van der Waals surface area contributed by atoms with Crippen LogP contribution in [-0.2, 0) is 14.6 Å². The molecular weight excluding hydrogens is 308 g/mol. The van der Waals surface area contributed by atoms with Crippen LogP contribution in [0.15, 0.2) is 52.1 Å². The van der Waals surface area contributed by atoms with Crippen molar-refractivity contribution in [2.24, 2.45) is 0 Å². The number of hydrogen-bond acceptors (Lipinski definition) is 3. The SMILES string of the molecule is CCC(=CCOC(CS(=O)(=O)c1ccc(C)cc1)=C(C)C)CC. The Morgan fingerprint density at radius 2 is 1.65 bits per heavy atom. The Kier molecular flexibility index (Phi) is 7.56. The fraction of sp³-hybridized carbons (Fsp3) is 0.474. The number of allylic oxidation sites excluding steroid dienone is 2. The van der Waals surface area contributed by atoms with Crippen LogP contribution in [0.3, 0.4) is 0 Å². The lowest BCUT2D eigenvalue weighted by molar-refractivity contribution is 0.245. The van der Waals surface area contributed by atoms with Gasteiger partial charge in [0.2, 0.25) is 0 Å². The van der Waals surface area contributed by atoms with Crippen LogP contribution in [0.2, 0.25) is 0 Å². The quantitative estimate of drug-likeness (QED) is 0.504. The molecule has 0 aromatic heterocycles. The van der Waals surface area contributed by atoms with E-state index in [1.165, 1.54) is 5.57 Å². The van der Waals surface area contributed by atoms with Crippen LogP contribution >= 0.6 is 0 Å². The summed E-state index contributed by atoms with van der Waals surface area (Å²) in [5.41, 5.74) is 3.25.